The number of hydrogen-bond donors (Lipinski definition) is 1. The standard InChI is InChI=1S/C15H22N2O.ClH/c1-15(2,12-13-6-4-3-5-7-13)14(18)17-10-8-16-9-11-17;/h3-7,16H,8-12H2,1-2H3;1H. The van der Waals surface area contributed by atoms with Gasteiger partial charge < -0.3 is 10.2 Å². The van der Waals surface area contributed by atoms with Crippen LogP contribution in [0.4, 0.5) is 0 Å². The van der Waals surface area contributed by atoms with Crippen LogP contribution in [0.2, 0.25) is 0 Å². The predicted molar refractivity (Wildman–Crippen MR) is 80.6 cm³/mol. The molecule has 1 fully saturated rings. The molecule has 3 nitrogen and oxygen atoms in total. The molecule has 0 atom stereocenters. The first-order valence-electron chi connectivity index (χ1n) is 6.64. The molecule has 1 amide bonds. The summed E-state index contributed by atoms with van der Waals surface area (Å²) >= 11 is 0. The number of carbonyl (C=O) groups is 1. The van der Waals surface area contributed by atoms with Gasteiger partial charge >= 0.3 is 0 Å². The van der Waals surface area contributed by atoms with Crippen LogP contribution in [-0.4, -0.2) is 37.0 Å². The first-order valence-corrected chi connectivity index (χ1v) is 6.64. The van der Waals surface area contributed by atoms with Crippen molar-refractivity contribution in [2.45, 2.75) is 20.3 Å². The number of halogens is 1. The minimum absolute atomic E-state index is 0. The molecule has 1 aromatic carbocycles. The molecule has 106 valence electrons. The molecule has 0 radical (unpaired) electrons. The van der Waals surface area contributed by atoms with Gasteiger partial charge in [-0.1, -0.05) is 44.2 Å². The van der Waals surface area contributed by atoms with Gasteiger partial charge in [-0.3, -0.25) is 4.79 Å². The second-order valence-corrected chi connectivity index (χ2v) is 5.59. The van der Waals surface area contributed by atoms with Crippen molar-refractivity contribution in [1.82, 2.24) is 10.2 Å². The number of carbonyl (C=O) groups excluding carboxylic acids is 1. The highest BCUT2D eigenvalue weighted by molar-refractivity contribution is 5.85. The maximum atomic E-state index is 12.5. The Bertz CT molecular complexity index is 400. The molecular formula is C15H23ClN2O. The van der Waals surface area contributed by atoms with Crippen LogP contribution in [0, 0.1) is 5.41 Å². The summed E-state index contributed by atoms with van der Waals surface area (Å²) in [7, 11) is 0. The molecule has 1 saturated heterocycles. The summed E-state index contributed by atoms with van der Waals surface area (Å²) in [6, 6.07) is 10.2. The van der Waals surface area contributed by atoms with Crippen LogP contribution in [0.15, 0.2) is 30.3 Å². The smallest absolute Gasteiger partial charge is 0.228 e. The summed E-state index contributed by atoms with van der Waals surface area (Å²) in [5.41, 5.74) is 0.907. The maximum Gasteiger partial charge on any atom is 0.228 e. The Labute approximate surface area is 121 Å². The Morgan fingerprint density at radius 2 is 1.79 bits per heavy atom. The molecule has 0 saturated carbocycles. The highest BCUT2D eigenvalue weighted by atomic mass is 35.5. The molecule has 1 aromatic rings. The highest BCUT2D eigenvalue weighted by Gasteiger charge is 2.32. The minimum Gasteiger partial charge on any atom is -0.340 e. The van der Waals surface area contributed by atoms with Gasteiger partial charge in [-0.05, 0) is 12.0 Å². The Morgan fingerprint density at radius 1 is 1.21 bits per heavy atom. The van der Waals surface area contributed by atoms with Crippen LogP contribution < -0.4 is 5.32 Å². The van der Waals surface area contributed by atoms with E-state index in [4.69, 9.17) is 0 Å². The Hall–Kier alpha value is -1.06. The van der Waals surface area contributed by atoms with E-state index in [1.54, 1.807) is 0 Å². The summed E-state index contributed by atoms with van der Waals surface area (Å²) in [5, 5.41) is 3.28. The van der Waals surface area contributed by atoms with Crippen LogP contribution in [-0.2, 0) is 11.2 Å². The van der Waals surface area contributed by atoms with Gasteiger partial charge in [-0.25, -0.2) is 0 Å². The van der Waals surface area contributed by atoms with E-state index in [-0.39, 0.29) is 23.7 Å². The van der Waals surface area contributed by atoms with E-state index >= 15 is 0 Å². The molecule has 1 N–H and O–H groups in total. The normalized spacial score (nSPS) is 15.8. The topological polar surface area (TPSA) is 32.3 Å². The summed E-state index contributed by atoms with van der Waals surface area (Å²) in [6.45, 7) is 7.57. The summed E-state index contributed by atoms with van der Waals surface area (Å²) < 4.78 is 0. The first kappa shape index (κ1) is 16.0. The van der Waals surface area contributed by atoms with Crippen molar-refractivity contribution in [3.63, 3.8) is 0 Å². The third-order valence-corrected chi connectivity index (χ3v) is 3.47. The number of rotatable bonds is 3. The van der Waals surface area contributed by atoms with E-state index < -0.39 is 0 Å². The molecule has 1 aliphatic heterocycles. The van der Waals surface area contributed by atoms with E-state index in [2.05, 4.69) is 17.4 Å². The number of piperazine rings is 1. The molecule has 0 aliphatic carbocycles. The fourth-order valence-electron chi connectivity index (χ4n) is 2.48. The minimum atomic E-state index is -0.321. The molecule has 0 bridgehead atoms. The third-order valence-electron chi connectivity index (χ3n) is 3.47. The predicted octanol–water partition coefficient (Wildman–Crippen LogP) is 2.11. The Balaban J connectivity index is 0.00000180. The molecule has 0 unspecified atom stereocenters. The maximum absolute atomic E-state index is 12.5. The van der Waals surface area contributed by atoms with E-state index in [0.717, 1.165) is 32.6 Å². The van der Waals surface area contributed by atoms with Crippen molar-refractivity contribution < 1.29 is 4.79 Å². The van der Waals surface area contributed by atoms with Crippen LogP contribution >= 0.6 is 12.4 Å². The lowest BCUT2D eigenvalue weighted by atomic mass is 9.84. The number of nitrogens with one attached hydrogen (secondary N) is 1. The van der Waals surface area contributed by atoms with Crippen molar-refractivity contribution in [2.24, 2.45) is 5.41 Å². The second-order valence-electron chi connectivity index (χ2n) is 5.59. The SMILES string of the molecule is CC(C)(Cc1ccccc1)C(=O)N1CCNCC1.Cl. The Morgan fingerprint density at radius 3 is 2.37 bits per heavy atom. The number of amides is 1. The van der Waals surface area contributed by atoms with Gasteiger partial charge in [0, 0.05) is 31.6 Å². The molecule has 2 rings (SSSR count). The Kier molecular flexibility index (Phi) is 5.83. The van der Waals surface area contributed by atoms with Crippen molar-refractivity contribution in [1.29, 1.82) is 0 Å². The monoisotopic (exact) mass is 282 g/mol. The van der Waals surface area contributed by atoms with Gasteiger partial charge in [0.1, 0.15) is 0 Å². The summed E-state index contributed by atoms with van der Waals surface area (Å²) in [5.74, 6) is 0.271. The fourth-order valence-corrected chi connectivity index (χ4v) is 2.48. The molecular weight excluding hydrogens is 260 g/mol. The van der Waals surface area contributed by atoms with Gasteiger partial charge in [0.15, 0.2) is 0 Å². The van der Waals surface area contributed by atoms with E-state index in [0.29, 0.717) is 0 Å². The number of benzene rings is 1. The average Bonchev–Trinajstić information content (AvgIpc) is 2.39. The molecule has 4 heteroatoms. The van der Waals surface area contributed by atoms with Crippen molar-refractivity contribution in [2.75, 3.05) is 26.2 Å². The molecule has 1 aliphatic rings. The summed E-state index contributed by atoms with van der Waals surface area (Å²) in [4.78, 5) is 14.5. The fraction of sp³-hybridized carbons (Fsp3) is 0.533. The largest absolute Gasteiger partial charge is 0.340 e. The van der Waals surface area contributed by atoms with Gasteiger partial charge in [0.2, 0.25) is 5.91 Å². The molecule has 0 aromatic heterocycles. The first-order chi connectivity index (χ1) is 8.59. The lowest BCUT2D eigenvalue weighted by Crippen LogP contribution is -2.51. The van der Waals surface area contributed by atoms with Crippen molar-refractivity contribution >= 4 is 18.3 Å². The van der Waals surface area contributed by atoms with Crippen LogP contribution in [0.5, 0.6) is 0 Å². The van der Waals surface area contributed by atoms with Crippen molar-refractivity contribution in [3.05, 3.63) is 35.9 Å². The highest BCUT2D eigenvalue weighted by Crippen LogP contribution is 2.24. The lowest BCUT2D eigenvalue weighted by Gasteiger charge is -2.34. The van der Waals surface area contributed by atoms with Crippen LogP contribution in [0.1, 0.15) is 19.4 Å². The average molecular weight is 283 g/mol. The second kappa shape index (κ2) is 6.92. The molecule has 1 heterocycles. The third kappa shape index (κ3) is 4.22. The number of hydrogen-bond acceptors (Lipinski definition) is 2. The van der Waals surface area contributed by atoms with Crippen molar-refractivity contribution in [3.8, 4) is 0 Å². The zero-order chi connectivity index (χ0) is 13.0. The van der Waals surface area contributed by atoms with Gasteiger partial charge in [-0.2, -0.15) is 0 Å². The van der Waals surface area contributed by atoms with Gasteiger partial charge in [0.05, 0.1) is 0 Å². The van der Waals surface area contributed by atoms with E-state index in [9.17, 15) is 4.79 Å². The van der Waals surface area contributed by atoms with Gasteiger partial charge in [-0.15, -0.1) is 12.4 Å². The van der Waals surface area contributed by atoms with Crippen LogP contribution in [0.25, 0.3) is 0 Å². The zero-order valence-corrected chi connectivity index (χ0v) is 12.5. The zero-order valence-electron chi connectivity index (χ0n) is 11.7. The quantitative estimate of drug-likeness (QED) is 0.921. The molecule has 0 spiro atoms. The van der Waals surface area contributed by atoms with E-state index in [1.807, 2.05) is 36.9 Å². The summed E-state index contributed by atoms with van der Waals surface area (Å²) in [6.07, 6.45) is 0.802. The van der Waals surface area contributed by atoms with Gasteiger partial charge in [0.25, 0.3) is 0 Å². The van der Waals surface area contributed by atoms with E-state index in [1.165, 1.54) is 5.56 Å². The number of nitrogens with zero attached hydrogens (tertiary/aromatic N) is 1. The van der Waals surface area contributed by atoms with Crippen LogP contribution in [0.3, 0.4) is 0 Å². The molecule has 19 heavy (non-hydrogen) atoms. The lowest BCUT2D eigenvalue weighted by molar-refractivity contribution is -0.140.